The van der Waals surface area contributed by atoms with Crippen LogP contribution in [0, 0.1) is 17.1 Å². The van der Waals surface area contributed by atoms with Crippen molar-refractivity contribution < 1.29 is 13.9 Å². The molecule has 0 unspecified atom stereocenters. The molecule has 3 aromatic carbocycles. The lowest BCUT2D eigenvalue weighted by atomic mass is 9.99. The van der Waals surface area contributed by atoms with Gasteiger partial charge < -0.3 is 24.3 Å². The molecule has 9 nitrogen and oxygen atoms in total. The first-order valence-corrected chi connectivity index (χ1v) is 16.3. The third-order valence-electron chi connectivity index (χ3n) is 9.67. The van der Waals surface area contributed by atoms with Crippen LogP contribution in [0.15, 0.2) is 67.3 Å². The van der Waals surface area contributed by atoms with E-state index < -0.39 is 0 Å². The topological polar surface area (TPSA) is 88.8 Å². The highest BCUT2D eigenvalue weighted by Gasteiger charge is 2.33. The molecule has 0 N–H and O–H groups in total. The Labute approximate surface area is 274 Å². The minimum Gasteiger partial charge on any atom is -0.424 e. The van der Waals surface area contributed by atoms with Crippen LogP contribution in [-0.2, 0) is 30.6 Å². The summed E-state index contributed by atoms with van der Waals surface area (Å²) < 4.78 is 21.2. The van der Waals surface area contributed by atoms with E-state index in [9.17, 15) is 14.4 Å². The van der Waals surface area contributed by atoms with Crippen LogP contribution in [-0.4, -0.2) is 78.0 Å². The van der Waals surface area contributed by atoms with Gasteiger partial charge in [-0.05, 0) is 49.7 Å². The second-order valence-corrected chi connectivity index (χ2v) is 12.5. The standard InChI is InChI=1S/C37H38FN7O2/c1-3-35(46)45-22-21-44(24-26(45)13-17-39)36-30-15-19-43(33-12-11-31(38)28-8-4-5-9-29(28)33)20-16-32(30)40-37(41-36)47-34-10-6-7-25-23-42(2)18-14-27(25)34/h3-12,26H,1,13-16,18-24H2,2H3/t26-/m0/s1. The van der Waals surface area contributed by atoms with Gasteiger partial charge in [0.15, 0.2) is 0 Å². The number of anilines is 2. The molecule has 0 spiro atoms. The Morgan fingerprint density at radius 3 is 2.62 bits per heavy atom. The molecule has 4 aromatic rings. The van der Waals surface area contributed by atoms with Crippen LogP contribution in [0.25, 0.3) is 10.8 Å². The molecule has 0 saturated carbocycles. The molecule has 0 aliphatic carbocycles. The van der Waals surface area contributed by atoms with Gasteiger partial charge in [-0.2, -0.15) is 15.2 Å². The first kappa shape index (κ1) is 30.6. The molecule has 0 radical (unpaired) electrons. The van der Waals surface area contributed by atoms with E-state index in [2.05, 4.69) is 40.5 Å². The van der Waals surface area contributed by atoms with Crippen LogP contribution in [0.2, 0.25) is 0 Å². The number of piperazine rings is 1. The number of nitriles is 1. The molecule has 47 heavy (non-hydrogen) atoms. The van der Waals surface area contributed by atoms with Crippen molar-refractivity contribution in [1.82, 2.24) is 19.8 Å². The summed E-state index contributed by atoms with van der Waals surface area (Å²) in [5.74, 6) is 1.16. The molecule has 3 aliphatic heterocycles. The van der Waals surface area contributed by atoms with Crippen LogP contribution in [0.5, 0.6) is 11.8 Å². The number of aromatic nitrogens is 2. The van der Waals surface area contributed by atoms with Gasteiger partial charge in [0.25, 0.3) is 0 Å². The number of ether oxygens (including phenoxy) is 1. The number of nitrogens with zero attached hydrogens (tertiary/aromatic N) is 7. The predicted octanol–water partition coefficient (Wildman–Crippen LogP) is 5.27. The van der Waals surface area contributed by atoms with Crippen LogP contribution in [0.1, 0.15) is 28.8 Å². The third kappa shape index (κ3) is 5.99. The molecule has 3 aliphatic rings. The van der Waals surface area contributed by atoms with Crippen molar-refractivity contribution in [3.05, 3.63) is 95.5 Å². The normalized spacial score (nSPS) is 18.2. The molecule has 10 heteroatoms. The maximum atomic E-state index is 14.7. The maximum absolute atomic E-state index is 14.7. The molecule has 0 bridgehead atoms. The van der Waals surface area contributed by atoms with E-state index in [1.165, 1.54) is 17.2 Å². The van der Waals surface area contributed by atoms with Gasteiger partial charge in [0.1, 0.15) is 17.4 Å². The van der Waals surface area contributed by atoms with E-state index >= 15 is 0 Å². The minimum atomic E-state index is -0.291. The van der Waals surface area contributed by atoms with Gasteiger partial charge in [-0.15, -0.1) is 0 Å². The van der Waals surface area contributed by atoms with Gasteiger partial charge in [0, 0.05) is 79.8 Å². The molecule has 1 saturated heterocycles. The smallest absolute Gasteiger partial charge is 0.324 e. The summed E-state index contributed by atoms with van der Waals surface area (Å²) in [4.78, 5) is 31.3. The summed E-state index contributed by atoms with van der Waals surface area (Å²) in [5.41, 5.74) is 5.39. The minimum absolute atomic E-state index is 0.169. The first-order valence-electron chi connectivity index (χ1n) is 16.3. The quantitative estimate of drug-likeness (QED) is 0.266. The summed E-state index contributed by atoms with van der Waals surface area (Å²) in [6, 6.07) is 19.4. The van der Waals surface area contributed by atoms with E-state index in [1.54, 1.807) is 11.0 Å². The lowest BCUT2D eigenvalue weighted by molar-refractivity contribution is -0.128. The molecule has 1 atom stereocenters. The van der Waals surface area contributed by atoms with Gasteiger partial charge in [-0.25, -0.2) is 4.39 Å². The lowest BCUT2D eigenvalue weighted by Gasteiger charge is -2.41. The highest BCUT2D eigenvalue weighted by molar-refractivity contribution is 5.94. The van der Waals surface area contributed by atoms with Crippen LogP contribution in [0.4, 0.5) is 15.9 Å². The zero-order chi connectivity index (χ0) is 32.5. The van der Waals surface area contributed by atoms with Crippen LogP contribution < -0.4 is 14.5 Å². The molecule has 1 amide bonds. The third-order valence-corrected chi connectivity index (χ3v) is 9.67. The molecular formula is C37H38FN7O2. The summed E-state index contributed by atoms with van der Waals surface area (Å²) in [5, 5.41) is 11.1. The number of hydrogen-bond donors (Lipinski definition) is 0. The van der Waals surface area contributed by atoms with Crippen LogP contribution >= 0.6 is 0 Å². The number of amides is 1. The number of rotatable bonds is 6. The maximum Gasteiger partial charge on any atom is 0.324 e. The van der Waals surface area contributed by atoms with Gasteiger partial charge in [0.05, 0.1) is 24.2 Å². The Morgan fingerprint density at radius 2 is 1.79 bits per heavy atom. The van der Waals surface area contributed by atoms with Gasteiger partial charge >= 0.3 is 6.01 Å². The van der Waals surface area contributed by atoms with E-state index in [0.29, 0.717) is 57.0 Å². The number of carbonyl (C=O) groups is 1. The zero-order valence-electron chi connectivity index (χ0n) is 26.7. The van der Waals surface area contributed by atoms with E-state index in [0.717, 1.165) is 53.4 Å². The number of carbonyl (C=O) groups excluding carboxylic acids is 1. The summed E-state index contributed by atoms with van der Waals surface area (Å²) in [6.07, 6.45) is 3.74. The van der Waals surface area contributed by atoms with Crippen molar-refractivity contribution in [3.8, 4) is 17.8 Å². The Hall–Kier alpha value is -5.01. The summed E-state index contributed by atoms with van der Waals surface area (Å²) >= 11 is 0. The van der Waals surface area contributed by atoms with Crippen molar-refractivity contribution in [3.63, 3.8) is 0 Å². The van der Waals surface area contributed by atoms with Crippen molar-refractivity contribution in [1.29, 1.82) is 5.26 Å². The van der Waals surface area contributed by atoms with Crippen molar-refractivity contribution in [2.45, 2.75) is 38.3 Å². The average Bonchev–Trinajstić information content (AvgIpc) is 3.31. The second kappa shape index (κ2) is 13.0. The van der Waals surface area contributed by atoms with E-state index in [1.807, 2.05) is 42.5 Å². The number of halogens is 1. The summed E-state index contributed by atoms with van der Waals surface area (Å²) in [6.45, 7) is 8.37. The Bertz CT molecular complexity index is 1890. The largest absolute Gasteiger partial charge is 0.424 e. The van der Waals surface area contributed by atoms with Gasteiger partial charge in [-0.3, -0.25) is 4.79 Å². The molecule has 240 valence electrons. The molecular weight excluding hydrogens is 593 g/mol. The van der Waals surface area contributed by atoms with E-state index in [4.69, 9.17) is 14.7 Å². The van der Waals surface area contributed by atoms with Crippen molar-refractivity contribution in [2.75, 3.05) is 56.1 Å². The Kier molecular flexibility index (Phi) is 8.48. The number of likely N-dealkylation sites (N-methyl/N-ethyl adjacent to an activating group) is 1. The molecule has 1 fully saturated rings. The van der Waals surface area contributed by atoms with Gasteiger partial charge in [-0.1, -0.05) is 43.0 Å². The highest BCUT2D eigenvalue weighted by atomic mass is 19.1. The SMILES string of the molecule is C=CC(=O)N1CCN(c2nc(Oc3cccc4c3CCN(C)C4)nc3c2CCN(c2ccc(F)c4ccccc24)CC3)C[C@@H]1CC#N. The Balaban J connectivity index is 1.26. The average molecular weight is 632 g/mol. The lowest BCUT2D eigenvalue weighted by Crippen LogP contribution is -2.55. The fourth-order valence-electron chi connectivity index (χ4n) is 7.27. The van der Waals surface area contributed by atoms with E-state index in [-0.39, 0.29) is 24.2 Å². The molecule has 7 rings (SSSR count). The number of hydrogen-bond acceptors (Lipinski definition) is 8. The first-order chi connectivity index (χ1) is 22.9. The van der Waals surface area contributed by atoms with Crippen molar-refractivity contribution >= 4 is 28.2 Å². The highest BCUT2D eigenvalue weighted by Crippen LogP contribution is 2.36. The fraction of sp³-hybridized carbons (Fsp3) is 0.351. The second-order valence-electron chi connectivity index (χ2n) is 12.5. The fourth-order valence-corrected chi connectivity index (χ4v) is 7.27. The molecule has 4 heterocycles. The van der Waals surface area contributed by atoms with Crippen molar-refractivity contribution in [2.24, 2.45) is 0 Å². The van der Waals surface area contributed by atoms with Gasteiger partial charge in [0.2, 0.25) is 5.91 Å². The Morgan fingerprint density at radius 1 is 0.979 bits per heavy atom. The molecule has 1 aromatic heterocycles. The monoisotopic (exact) mass is 631 g/mol. The van der Waals surface area contributed by atoms with Crippen LogP contribution in [0.3, 0.4) is 0 Å². The number of benzene rings is 3. The summed E-state index contributed by atoms with van der Waals surface area (Å²) in [7, 11) is 2.12. The predicted molar refractivity (Wildman–Crippen MR) is 180 cm³/mol. The number of fused-ring (bicyclic) bond motifs is 3. The zero-order valence-corrected chi connectivity index (χ0v) is 26.7.